The Morgan fingerprint density at radius 2 is 2.26 bits per heavy atom. The summed E-state index contributed by atoms with van der Waals surface area (Å²) in [6.07, 6.45) is 2.30. The highest BCUT2D eigenvalue weighted by molar-refractivity contribution is 5.36. The van der Waals surface area contributed by atoms with E-state index < -0.39 is 0 Å². The number of aryl methyl sites for hydroxylation is 1. The number of rotatable bonds is 5. The maximum atomic E-state index is 5.72. The monoisotopic (exact) mass is 259 g/mol. The van der Waals surface area contributed by atoms with Gasteiger partial charge in [-0.25, -0.2) is 0 Å². The molecule has 5 nitrogen and oxygen atoms in total. The maximum absolute atomic E-state index is 5.72. The van der Waals surface area contributed by atoms with Gasteiger partial charge in [-0.2, -0.15) is 4.98 Å². The Balaban J connectivity index is 1.67. The Morgan fingerprint density at radius 3 is 3.00 bits per heavy atom. The lowest BCUT2D eigenvalue weighted by molar-refractivity contribution is 0.282. The fourth-order valence-electron chi connectivity index (χ4n) is 1.97. The van der Waals surface area contributed by atoms with Crippen molar-refractivity contribution < 1.29 is 9.26 Å². The molecule has 1 aromatic heterocycles. The van der Waals surface area contributed by atoms with Gasteiger partial charge in [0.25, 0.3) is 0 Å². The topological polar surface area (TPSA) is 74.2 Å². The minimum atomic E-state index is 0.312. The van der Waals surface area contributed by atoms with Gasteiger partial charge < -0.3 is 15.0 Å². The third-order valence-corrected chi connectivity index (χ3v) is 3.20. The predicted molar refractivity (Wildman–Crippen MR) is 69.7 cm³/mol. The van der Waals surface area contributed by atoms with Gasteiger partial charge in [-0.3, -0.25) is 0 Å². The molecule has 2 aromatic rings. The van der Waals surface area contributed by atoms with E-state index in [9.17, 15) is 0 Å². The minimum Gasteiger partial charge on any atom is -0.485 e. The van der Waals surface area contributed by atoms with Gasteiger partial charge in [0.2, 0.25) is 11.7 Å². The molecule has 1 aliphatic carbocycles. The molecular formula is C14H17N3O2. The van der Waals surface area contributed by atoms with Gasteiger partial charge in [-0.1, -0.05) is 22.9 Å². The summed E-state index contributed by atoms with van der Waals surface area (Å²) in [7, 11) is 0. The summed E-state index contributed by atoms with van der Waals surface area (Å²) < 4.78 is 10.9. The van der Waals surface area contributed by atoms with Crippen molar-refractivity contribution in [1.29, 1.82) is 0 Å². The van der Waals surface area contributed by atoms with Gasteiger partial charge in [0.1, 0.15) is 5.75 Å². The van der Waals surface area contributed by atoms with Crippen molar-refractivity contribution >= 4 is 0 Å². The normalized spacial score (nSPS) is 14.6. The van der Waals surface area contributed by atoms with Gasteiger partial charge in [0.05, 0.1) is 0 Å². The van der Waals surface area contributed by atoms with Crippen molar-refractivity contribution in [2.45, 2.75) is 38.8 Å². The SMILES string of the molecule is Cc1ccc(OCc2noc(C3CC3)n2)c(CN)c1. The van der Waals surface area contributed by atoms with Crippen LogP contribution in [0, 0.1) is 6.92 Å². The maximum Gasteiger partial charge on any atom is 0.229 e. The molecule has 19 heavy (non-hydrogen) atoms. The molecule has 0 radical (unpaired) electrons. The van der Waals surface area contributed by atoms with E-state index in [1.807, 2.05) is 25.1 Å². The van der Waals surface area contributed by atoms with Crippen LogP contribution in [0.25, 0.3) is 0 Å². The first-order valence-electron chi connectivity index (χ1n) is 6.51. The molecule has 1 fully saturated rings. The predicted octanol–water partition coefficient (Wildman–Crippen LogP) is 2.29. The summed E-state index contributed by atoms with van der Waals surface area (Å²) in [6.45, 7) is 2.80. The first-order chi connectivity index (χ1) is 9.26. The lowest BCUT2D eigenvalue weighted by atomic mass is 10.1. The van der Waals surface area contributed by atoms with Crippen molar-refractivity contribution in [3.8, 4) is 5.75 Å². The zero-order valence-electron chi connectivity index (χ0n) is 10.9. The zero-order chi connectivity index (χ0) is 13.2. The molecule has 0 aliphatic heterocycles. The third-order valence-electron chi connectivity index (χ3n) is 3.20. The second-order valence-electron chi connectivity index (χ2n) is 4.93. The summed E-state index contributed by atoms with van der Waals surface area (Å²) in [5.74, 6) is 2.58. The summed E-state index contributed by atoms with van der Waals surface area (Å²) in [4.78, 5) is 4.33. The molecule has 0 saturated heterocycles. The molecule has 0 spiro atoms. The van der Waals surface area contributed by atoms with Gasteiger partial charge in [0.15, 0.2) is 6.61 Å². The summed E-state index contributed by atoms with van der Waals surface area (Å²) in [5.41, 5.74) is 7.87. The van der Waals surface area contributed by atoms with Crippen LogP contribution in [-0.2, 0) is 13.2 Å². The Bertz CT molecular complexity index is 576. The quantitative estimate of drug-likeness (QED) is 0.891. The van der Waals surface area contributed by atoms with E-state index in [-0.39, 0.29) is 0 Å². The molecule has 2 N–H and O–H groups in total. The van der Waals surface area contributed by atoms with Crippen LogP contribution >= 0.6 is 0 Å². The molecule has 0 amide bonds. The smallest absolute Gasteiger partial charge is 0.229 e. The van der Waals surface area contributed by atoms with Crippen molar-refractivity contribution in [2.75, 3.05) is 0 Å². The van der Waals surface area contributed by atoms with Crippen molar-refractivity contribution in [2.24, 2.45) is 5.73 Å². The lowest BCUT2D eigenvalue weighted by Gasteiger charge is -2.09. The number of nitrogens with two attached hydrogens (primary N) is 1. The molecule has 3 rings (SSSR count). The van der Waals surface area contributed by atoms with Gasteiger partial charge in [-0.05, 0) is 25.8 Å². The van der Waals surface area contributed by atoms with Gasteiger partial charge in [0, 0.05) is 18.0 Å². The van der Waals surface area contributed by atoms with Crippen LogP contribution in [-0.4, -0.2) is 10.1 Å². The summed E-state index contributed by atoms with van der Waals surface area (Å²) in [6, 6.07) is 5.96. The van der Waals surface area contributed by atoms with Gasteiger partial charge >= 0.3 is 0 Å². The number of aromatic nitrogens is 2. The van der Waals surface area contributed by atoms with E-state index in [1.54, 1.807) is 0 Å². The van der Waals surface area contributed by atoms with Gasteiger partial charge in [-0.15, -0.1) is 0 Å². The van der Waals surface area contributed by atoms with E-state index >= 15 is 0 Å². The standard InChI is InChI=1S/C14H17N3O2/c1-9-2-5-12(11(6-9)7-15)18-8-13-16-14(19-17-13)10-3-4-10/h2,5-6,10H,3-4,7-8,15H2,1H3. The Morgan fingerprint density at radius 1 is 1.42 bits per heavy atom. The molecular weight excluding hydrogens is 242 g/mol. The van der Waals surface area contributed by atoms with Crippen LogP contribution in [0.3, 0.4) is 0 Å². The average molecular weight is 259 g/mol. The number of hydrogen-bond acceptors (Lipinski definition) is 5. The van der Waals surface area contributed by atoms with Crippen molar-refractivity contribution in [3.63, 3.8) is 0 Å². The number of benzene rings is 1. The highest BCUT2D eigenvalue weighted by Crippen LogP contribution is 2.38. The van der Waals surface area contributed by atoms with Crippen molar-refractivity contribution in [3.05, 3.63) is 41.0 Å². The average Bonchev–Trinajstić information content (AvgIpc) is 3.17. The van der Waals surface area contributed by atoms with Crippen LogP contribution in [0.15, 0.2) is 22.7 Å². The molecule has 1 heterocycles. The van der Waals surface area contributed by atoms with E-state index in [0.29, 0.717) is 24.9 Å². The van der Waals surface area contributed by atoms with E-state index in [2.05, 4.69) is 10.1 Å². The van der Waals surface area contributed by atoms with Crippen LogP contribution < -0.4 is 10.5 Å². The fourth-order valence-corrected chi connectivity index (χ4v) is 1.97. The third kappa shape index (κ3) is 2.76. The van der Waals surface area contributed by atoms with E-state index in [4.69, 9.17) is 15.0 Å². The Hall–Kier alpha value is -1.88. The highest BCUT2D eigenvalue weighted by Gasteiger charge is 2.29. The Labute approximate surface area is 111 Å². The van der Waals surface area contributed by atoms with Crippen molar-refractivity contribution in [1.82, 2.24) is 10.1 Å². The van der Waals surface area contributed by atoms with Crippen LogP contribution in [0.2, 0.25) is 0 Å². The molecule has 1 aromatic carbocycles. The number of ether oxygens (including phenoxy) is 1. The van der Waals surface area contributed by atoms with Crippen LogP contribution in [0.1, 0.15) is 41.6 Å². The summed E-state index contributed by atoms with van der Waals surface area (Å²) >= 11 is 0. The zero-order valence-corrected chi connectivity index (χ0v) is 10.9. The molecule has 0 atom stereocenters. The fraction of sp³-hybridized carbons (Fsp3) is 0.429. The highest BCUT2D eigenvalue weighted by atomic mass is 16.5. The second-order valence-corrected chi connectivity index (χ2v) is 4.93. The van der Waals surface area contributed by atoms with Crippen LogP contribution in [0.4, 0.5) is 0 Å². The molecule has 1 aliphatic rings. The number of nitrogens with zero attached hydrogens (tertiary/aromatic N) is 2. The molecule has 1 saturated carbocycles. The largest absolute Gasteiger partial charge is 0.485 e. The molecule has 5 heteroatoms. The lowest BCUT2D eigenvalue weighted by Crippen LogP contribution is -2.04. The number of hydrogen-bond donors (Lipinski definition) is 1. The van der Waals surface area contributed by atoms with E-state index in [1.165, 1.54) is 5.56 Å². The summed E-state index contributed by atoms with van der Waals surface area (Å²) in [5, 5.41) is 3.92. The first kappa shape index (κ1) is 12.2. The first-order valence-corrected chi connectivity index (χ1v) is 6.51. The van der Waals surface area contributed by atoms with E-state index in [0.717, 1.165) is 30.0 Å². The van der Waals surface area contributed by atoms with Crippen LogP contribution in [0.5, 0.6) is 5.75 Å². The molecule has 100 valence electrons. The molecule has 0 unspecified atom stereocenters. The minimum absolute atomic E-state index is 0.312. The molecule has 0 bridgehead atoms. The Kier molecular flexibility index (Phi) is 3.21. The second kappa shape index (κ2) is 5.01.